The number of methoxy groups -OCH3 is 2. The van der Waals surface area contributed by atoms with Gasteiger partial charge in [0.2, 0.25) is 5.91 Å². The molecular weight excluding hydrogens is 578 g/mol. The molecule has 1 aliphatic heterocycles. The standard InChI is InChI=1S/C26H21N3O10S2/c1-37-19-9-5-3-7-17(19)27-24(30)15-28-25(31)22(40-26(28)32)14-16-11-12-20(21(13-16)38-2)39-41(35,36)23-10-6-4-8-18(23)29(33)34/h3-14H,15H2,1-2H3,(H,27,30)/b22-14-. The number of carbonyl (C=O) groups is 3. The lowest BCUT2D eigenvalue weighted by Crippen LogP contribution is -2.36. The van der Waals surface area contributed by atoms with E-state index in [1.165, 1.54) is 50.6 Å². The molecule has 0 unspecified atom stereocenters. The van der Waals surface area contributed by atoms with E-state index in [9.17, 15) is 32.9 Å². The molecule has 0 saturated carbocycles. The van der Waals surface area contributed by atoms with Crippen molar-refractivity contribution < 1.29 is 41.4 Å². The van der Waals surface area contributed by atoms with Crippen molar-refractivity contribution >= 4 is 56.4 Å². The van der Waals surface area contributed by atoms with Crippen molar-refractivity contribution in [1.29, 1.82) is 0 Å². The van der Waals surface area contributed by atoms with E-state index in [1.807, 2.05) is 0 Å². The Balaban J connectivity index is 1.51. The SMILES string of the molecule is COc1ccccc1NC(=O)CN1C(=O)S/C(=C\c2ccc(OS(=O)(=O)c3ccccc3[N+](=O)[O-])c(OC)c2)C1=O. The summed E-state index contributed by atoms with van der Waals surface area (Å²) in [5.74, 6) is -1.22. The second-order valence-electron chi connectivity index (χ2n) is 8.19. The number of anilines is 1. The van der Waals surface area contributed by atoms with Gasteiger partial charge < -0.3 is 19.0 Å². The molecule has 1 heterocycles. The largest absolute Gasteiger partial charge is 0.495 e. The lowest BCUT2D eigenvalue weighted by Gasteiger charge is -2.14. The maximum Gasteiger partial charge on any atom is 0.346 e. The molecule has 1 aliphatic rings. The number of hydrogen-bond donors (Lipinski definition) is 1. The summed E-state index contributed by atoms with van der Waals surface area (Å²) in [6.45, 7) is -0.528. The Morgan fingerprint density at radius 3 is 2.39 bits per heavy atom. The number of rotatable bonds is 10. The van der Waals surface area contributed by atoms with E-state index in [0.717, 1.165) is 17.0 Å². The number of ether oxygens (including phenoxy) is 2. The number of benzene rings is 3. The van der Waals surface area contributed by atoms with Crippen LogP contribution < -0.4 is 19.0 Å². The predicted molar refractivity (Wildman–Crippen MR) is 148 cm³/mol. The number of imide groups is 1. The number of carbonyl (C=O) groups excluding carboxylic acids is 3. The third kappa shape index (κ3) is 6.47. The van der Waals surface area contributed by atoms with Crippen molar-refractivity contribution in [3.8, 4) is 17.2 Å². The lowest BCUT2D eigenvalue weighted by molar-refractivity contribution is -0.387. The molecule has 1 N–H and O–H groups in total. The van der Waals surface area contributed by atoms with Crippen LogP contribution in [0.25, 0.3) is 6.08 Å². The molecule has 15 heteroatoms. The van der Waals surface area contributed by atoms with Gasteiger partial charge in [-0.05, 0) is 53.7 Å². The Hall–Kier alpha value is -4.89. The zero-order valence-corrected chi connectivity index (χ0v) is 23.1. The number of para-hydroxylation sites is 3. The molecule has 0 bridgehead atoms. The van der Waals surface area contributed by atoms with Gasteiger partial charge in [-0.15, -0.1) is 0 Å². The van der Waals surface area contributed by atoms with Crippen molar-refractivity contribution in [3.05, 3.63) is 87.3 Å². The summed E-state index contributed by atoms with van der Waals surface area (Å²) in [6.07, 6.45) is 1.37. The zero-order chi connectivity index (χ0) is 29.7. The van der Waals surface area contributed by atoms with E-state index in [0.29, 0.717) is 28.8 Å². The average Bonchev–Trinajstić information content (AvgIpc) is 3.21. The highest BCUT2D eigenvalue weighted by atomic mass is 32.2. The summed E-state index contributed by atoms with van der Waals surface area (Å²) >= 11 is 0.624. The normalized spacial score (nSPS) is 14.2. The Morgan fingerprint density at radius 1 is 1.00 bits per heavy atom. The van der Waals surface area contributed by atoms with Crippen LogP contribution >= 0.6 is 11.8 Å². The first-order valence-corrected chi connectivity index (χ1v) is 13.8. The summed E-state index contributed by atoms with van der Waals surface area (Å²) in [4.78, 5) is 48.5. The Morgan fingerprint density at radius 2 is 1.68 bits per heavy atom. The highest BCUT2D eigenvalue weighted by Crippen LogP contribution is 2.36. The quantitative estimate of drug-likeness (QED) is 0.154. The van der Waals surface area contributed by atoms with E-state index < -0.39 is 49.2 Å². The van der Waals surface area contributed by atoms with Crippen LogP contribution in [0.3, 0.4) is 0 Å². The molecule has 3 amide bonds. The minimum atomic E-state index is -4.61. The Kier molecular flexibility index (Phi) is 8.59. The molecule has 4 rings (SSSR count). The Bertz CT molecular complexity index is 1690. The summed E-state index contributed by atoms with van der Waals surface area (Å²) < 4.78 is 41.1. The number of nitrogens with one attached hydrogen (secondary N) is 1. The van der Waals surface area contributed by atoms with Crippen LogP contribution in [0.4, 0.5) is 16.2 Å². The first-order valence-electron chi connectivity index (χ1n) is 11.6. The van der Waals surface area contributed by atoms with Gasteiger partial charge in [0.15, 0.2) is 16.4 Å². The van der Waals surface area contributed by atoms with Gasteiger partial charge in [0.1, 0.15) is 12.3 Å². The van der Waals surface area contributed by atoms with Gasteiger partial charge in [-0.25, -0.2) is 0 Å². The highest BCUT2D eigenvalue weighted by molar-refractivity contribution is 8.18. The van der Waals surface area contributed by atoms with Crippen molar-refractivity contribution in [2.24, 2.45) is 0 Å². The van der Waals surface area contributed by atoms with E-state index in [-0.39, 0.29) is 16.4 Å². The maximum absolute atomic E-state index is 12.9. The van der Waals surface area contributed by atoms with Crippen molar-refractivity contribution in [3.63, 3.8) is 0 Å². The third-order valence-electron chi connectivity index (χ3n) is 5.57. The molecule has 0 radical (unpaired) electrons. The molecule has 3 aromatic carbocycles. The molecule has 1 fully saturated rings. The number of hydrogen-bond acceptors (Lipinski definition) is 11. The van der Waals surface area contributed by atoms with Crippen LogP contribution in [-0.2, 0) is 19.7 Å². The topological polar surface area (TPSA) is 171 Å². The number of amides is 3. The van der Waals surface area contributed by atoms with Gasteiger partial charge >= 0.3 is 10.1 Å². The van der Waals surface area contributed by atoms with Crippen LogP contribution in [0.15, 0.2) is 76.5 Å². The summed E-state index contributed by atoms with van der Waals surface area (Å²) in [6, 6.07) is 15.4. The predicted octanol–water partition coefficient (Wildman–Crippen LogP) is 4.05. The number of thioether (sulfide) groups is 1. The molecule has 212 valence electrons. The number of nitro benzene ring substituents is 1. The fraction of sp³-hybridized carbons (Fsp3) is 0.115. The van der Waals surface area contributed by atoms with Gasteiger partial charge in [0.05, 0.1) is 29.7 Å². The van der Waals surface area contributed by atoms with E-state index in [2.05, 4.69) is 5.32 Å². The van der Waals surface area contributed by atoms with Gasteiger partial charge in [-0.1, -0.05) is 30.3 Å². The molecule has 0 aliphatic carbocycles. The fourth-order valence-electron chi connectivity index (χ4n) is 3.69. The molecule has 0 spiro atoms. The van der Waals surface area contributed by atoms with Crippen molar-refractivity contribution in [1.82, 2.24) is 4.90 Å². The number of nitro groups is 1. The second kappa shape index (κ2) is 12.1. The molecular formula is C26H21N3O10S2. The smallest absolute Gasteiger partial charge is 0.346 e. The summed E-state index contributed by atoms with van der Waals surface area (Å²) in [5.41, 5.74) is 0.0671. The van der Waals surface area contributed by atoms with Gasteiger partial charge in [-0.2, -0.15) is 8.42 Å². The van der Waals surface area contributed by atoms with Crippen molar-refractivity contribution in [2.45, 2.75) is 4.90 Å². The highest BCUT2D eigenvalue weighted by Gasteiger charge is 2.36. The van der Waals surface area contributed by atoms with Gasteiger partial charge in [0, 0.05) is 6.07 Å². The van der Waals surface area contributed by atoms with Crippen molar-refractivity contribution in [2.75, 3.05) is 26.1 Å². The molecule has 41 heavy (non-hydrogen) atoms. The molecule has 13 nitrogen and oxygen atoms in total. The van der Waals surface area contributed by atoms with Gasteiger partial charge in [-0.3, -0.25) is 29.4 Å². The molecule has 0 atom stereocenters. The molecule has 0 aromatic heterocycles. The summed E-state index contributed by atoms with van der Waals surface area (Å²) in [5, 5.41) is 13.2. The fourth-order valence-corrected chi connectivity index (χ4v) is 5.64. The zero-order valence-electron chi connectivity index (χ0n) is 21.4. The maximum atomic E-state index is 12.9. The minimum absolute atomic E-state index is 0.0170. The van der Waals surface area contributed by atoms with Crippen LogP contribution in [0.2, 0.25) is 0 Å². The summed E-state index contributed by atoms with van der Waals surface area (Å²) in [7, 11) is -1.92. The number of nitrogens with zero attached hydrogens (tertiary/aromatic N) is 2. The van der Waals surface area contributed by atoms with Crippen LogP contribution in [0.5, 0.6) is 17.2 Å². The Labute approximate surface area is 238 Å². The minimum Gasteiger partial charge on any atom is -0.495 e. The van der Waals surface area contributed by atoms with Crippen LogP contribution in [0, 0.1) is 10.1 Å². The second-order valence-corrected chi connectivity index (χ2v) is 10.7. The van der Waals surface area contributed by atoms with Crippen LogP contribution in [0.1, 0.15) is 5.56 Å². The van der Waals surface area contributed by atoms with Gasteiger partial charge in [0.25, 0.3) is 16.8 Å². The average molecular weight is 600 g/mol. The van der Waals surface area contributed by atoms with E-state index in [1.54, 1.807) is 24.3 Å². The molecule has 3 aromatic rings. The van der Waals surface area contributed by atoms with E-state index >= 15 is 0 Å². The first-order chi connectivity index (χ1) is 19.5. The van der Waals surface area contributed by atoms with E-state index in [4.69, 9.17) is 13.7 Å². The lowest BCUT2D eigenvalue weighted by atomic mass is 10.2. The monoisotopic (exact) mass is 599 g/mol. The third-order valence-corrected chi connectivity index (χ3v) is 7.76. The van der Waals surface area contributed by atoms with Crippen LogP contribution in [-0.4, -0.2) is 56.1 Å². The molecule has 1 saturated heterocycles. The first kappa shape index (κ1) is 29.1.